The lowest BCUT2D eigenvalue weighted by Gasteiger charge is -2.20. The maximum absolute atomic E-state index is 12.3. The van der Waals surface area contributed by atoms with Gasteiger partial charge in [0.05, 0.1) is 0 Å². The molecule has 3 atom stereocenters. The number of anilines is 2. The zero-order chi connectivity index (χ0) is 25.1. The van der Waals surface area contributed by atoms with Crippen LogP contribution in [0.25, 0.3) is 16.9 Å². The van der Waals surface area contributed by atoms with E-state index in [-0.39, 0.29) is 0 Å². The van der Waals surface area contributed by atoms with Crippen LogP contribution in [0.5, 0.6) is 0 Å². The number of hydrogen-bond acceptors (Lipinski definition) is 7. The van der Waals surface area contributed by atoms with E-state index in [0.29, 0.717) is 35.7 Å². The van der Waals surface area contributed by atoms with Crippen LogP contribution in [0.2, 0.25) is 0 Å². The van der Waals surface area contributed by atoms with Gasteiger partial charge in [-0.2, -0.15) is 9.35 Å². The summed E-state index contributed by atoms with van der Waals surface area (Å²) in [6, 6.07) is 17.9. The molecule has 1 aromatic carbocycles. The van der Waals surface area contributed by atoms with Gasteiger partial charge < -0.3 is 10.6 Å². The standard InChI is InChI=1S/C28H31N7OS/c1-37(2,36)34-25-4-3-5-26(32-25)35-24(18-6-7-18)14-19-16-29-28(33-27(19)35)31-20-10-8-17(9-11-20)22-15-21-12-13-23(22)30-21/h3-5,8-11,14,16,18,21-23,30H,6-7,12-13,15H2,1-2H3,(H,29,31,33). The van der Waals surface area contributed by atoms with E-state index in [2.05, 4.69) is 54.9 Å². The van der Waals surface area contributed by atoms with Crippen molar-refractivity contribution in [2.45, 2.75) is 56.0 Å². The van der Waals surface area contributed by atoms with Crippen LogP contribution in [-0.2, 0) is 9.73 Å². The fourth-order valence-electron chi connectivity index (χ4n) is 5.94. The lowest BCUT2D eigenvalue weighted by atomic mass is 9.84. The topological polar surface area (TPSA) is 97.1 Å². The molecule has 2 saturated heterocycles. The second kappa shape index (κ2) is 8.63. The molecule has 2 bridgehead atoms. The first-order chi connectivity index (χ1) is 17.9. The van der Waals surface area contributed by atoms with Crippen LogP contribution in [0, 0.1) is 0 Å². The summed E-state index contributed by atoms with van der Waals surface area (Å²) in [5, 5.41) is 8.10. The molecule has 190 valence electrons. The Labute approximate surface area is 217 Å². The van der Waals surface area contributed by atoms with Gasteiger partial charge in [-0.15, -0.1) is 0 Å². The van der Waals surface area contributed by atoms with Crippen LogP contribution in [0.15, 0.2) is 59.1 Å². The Bertz CT molecular complexity index is 1610. The summed E-state index contributed by atoms with van der Waals surface area (Å²) in [4.78, 5) is 14.3. The predicted octanol–water partition coefficient (Wildman–Crippen LogP) is 5.40. The Balaban J connectivity index is 1.21. The van der Waals surface area contributed by atoms with E-state index in [1.165, 1.54) is 30.5 Å². The molecular formula is C28H31N7OS. The maximum atomic E-state index is 12.3. The average molecular weight is 514 g/mol. The quantitative estimate of drug-likeness (QED) is 0.358. The number of aromatic nitrogens is 4. The van der Waals surface area contributed by atoms with Crippen LogP contribution in [0.3, 0.4) is 0 Å². The fourth-order valence-corrected chi connectivity index (χ4v) is 6.49. The van der Waals surface area contributed by atoms with E-state index < -0.39 is 9.73 Å². The van der Waals surface area contributed by atoms with Crippen molar-refractivity contribution in [1.29, 1.82) is 0 Å². The summed E-state index contributed by atoms with van der Waals surface area (Å²) in [7, 11) is -2.31. The van der Waals surface area contributed by atoms with Gasteiger partial charge in [0.2, 0.25) is 5.95 Å². The summed E-state index contributed by atoms with van der Waals surface area (Å²) in [6.07, 6.45) is 11.3. The first-order valence-electron chi connectivity index (χ1n) is 13.1. The van der Waals surface area contributed by atoms with Crippen molar-refractivity contribution >= 4 is 38.2 Å². The Hall–Kier alpha value is -3.30. The van der Waals surface area contributed by atoms with Gasteiger partial charge in [-0.05, 0) is 73.9 Å². The molecule has 9 heteroatoms. The van der Waals surface area contributed by atoms with Gasteiger partial charge in [-0.25, -0.2) is 14.2 Å². The van der Waals surface area contributed by atoms with Gasteiger partial charge in [-0.3, -0.25) is 4.57 Å². The molecule has 5 heterocycles. The number of pyridine rings is 1. The first-order valence-corrected chi connectivity index (χ1v) is 15.4. The highest BCUT2D eigenvalue weighted by Crippen LogP contribution is 2.43. The van der Waals surface area contributed by atoms with Crippen LogP contribution < -0.4 is 10.6 Å². The van der Waals surface area contributed by atoms with E-state index in [4.69, 9.17) is 9.97 Å². The van der Waals surface area contributed by atoms with Crippen LogP contribution >= 0.6 is 0 Å². The fraction of sp³-hybridized carbons (Fsp3) is 0.393. The van der Waals surface area contributed by atoms with Crippen molar-refractivity contribution in [1.82, 2.24) is 24.8 Å². The smallest absolute Gasteiger partial charge is 0.229 e. The minimum atomic E-state index is -2.31. The van der Waals surface area contributed by atoms with Crippen molar-refractivity contribution in [2.24, 2.45) is 4.36 Å². The highest BCUT2D eigenvalue weighted by Gasteiger charge is 2.39. The summed E-state index contributed by atoms with van der Waals surface area (Å²) in [6.45, 7) is 0. The molecule has 37 heavy (non-hydrogen) atoms. The van der Waals surface area contributed by atoms with Gasteiger partial charge >= 0.3 is 0 Å². The highest BCUT2D eigenvalue weighted by atomic mass is 32.2. The van der Waals surface area contributed by atoms with E-state index in [0.717, 1.165) is 35.4 Å². The third-order valence-electron chi connectivity index (χ3n) is 7.72. The molecule has 4 aromatic rings. The molecule has 0 amide bonds. The second-order valence-corrected chi connectivity index (χ2v) is 13.5. The van der Waals surface area contributed by atoms with Crippen molar-refractivity contribution < 1.29 is 4.21 Å². The third-order valence-corrected chi connectivity index (χ3v) is 8.35. The number of benzene rings is 1. The van der Waals surface area contributed by atoms with Crippen LogP contribution in [-0.4, -0.2) is 48.3 Å². The minimum Gasteiger partial charge on any atom is -0.324 e. The first kappa shape index (κ1) is 22.9. The van der Waals surface area contributed by atoms with Gasteiger partial charge in [0, 0.05) is 63.2 Å². The van der Waals surface area contributed by atoms with Crippen molar-refractivity contribution in [2.75, 3.05) is 17.8 Å². The normalized spacial score (nSPS) is 23.0. The Morgan fingerprint density at radius 3 is 2.59 bits per heavy atom. The lowest BCUT2D eigenvalue weighted by molar-refractivity contribution is 0.506. The summed E-state index contributed by atoms with van der Waals surface area (Å²) in [5.74, 6) is 2.86. The molecule has 3 aromatic heterocycles. The lowest BCUT2D eigenvalue weighted by Crippen LogP contribution is -2.21. The molecule has 2 aliphatic heterocycles. The monoisotopic (exact) mass is 513 g/mol. The molecule has 2 N–H and O–H groups in total. The molecule has 1 saturated carbocycles. The predicted molar refractivity (Wildman–Crippen MR) is 148 cm³/mol. The second-order valence-electron chi connectivity index (χ2n) is 10.9. The summed E-state index contributed by atoms with van der Waals surface area (Å²) < 4.78 is 18.7. The van der Waals surface area contributed by atoms with Crippen molar-refractivity contribution in [3.63, 3.8) is 0 Å². The zero-order valence-electron chi connectivity index (χ0n) is 21.1. The Morgan fingerprint density at radius 1 is 1.05 bits per heavy atom. The number of nitrogens with one attached hydrogen (secondary N) is 2. The molecular weight excluding hydrogens is 482 g/mol. The molecule has 7 rings (SSSR count). The zero-order valence-corrected chi connectivity index (χ0v) is 21.9. The molecule has 3 aliphatic rings. The minimum absolute atomic E-state index is 0.467. The SMILES string of the molecule is CS(C)(=O)=Nc1cccc(-n2c(C3CC3)cc3cnc(Nc4ccc(C5CC6CCC5N6)cc4)nc32)n1. The maximum Gasteiger partial charge on any atom is 0.229 e. The van der Waals surface area contributed by atoms with Gasteiger partial charge in [-0.1, -0.05) is 18.2 Å². The van der Waals surface area contributed by atoms with E-state index in [1.54, 1.807) is 18.6 Å². The number of hydrogen-bond donors (Lipinski definition) is 2. The summed E-state index contributed by atoms with van der Waals surface area (Å²) >= 11 is 0. The molecule has 1 aliphatic carbocycles. The Kier molecular flexibility index (Phi) is 5.33. The average Bonchev–Trinajstić information content (AvgIpc) is 3.31. The van der Waals surface area contributed by atoms with E-state index in [9.17, 15) is 4.21 Å². The van der Waals surface area contributed by atoms with E-state index >= 15 is 0 Å². The van der Waals surface area contributed by atoms with E-state index in [1.807, 2.05) is 18.3 Å². The molecule has 8 nitrogen and oxygen atoms in total. The molecule has 3 unspecified atom stereocenters. The van der Waals surface area contributed by atoms with Gasteiger partial charge in [0.1, 0.15) is 5.82 Å². The van der Waals surface area contributed by atoms with Gasteiger partial charge in [0.15, 0.2) is 11.5 Å². The number of rotatable bonds is 6. The third kappa shape index (κ3) is 4.51. The van der Waals surface area contributed by atoms with Crippen LogP contribution in [0.4, 0.5) is 17.5 Å². The van der Waals surface area contributed by atoms with Crippen molar-refractivity contribution in [3.8, 4) is 5.82 Å². The Morgan fingerprint density at radius 2 is 1.89 bits per heavy atom. The molecule has 0 radical (unpaired) electrons. The molecule has 3 fully saturated rings. The van der Waals surface area contributed by atoms with Crippen molar-refractivity contribution in [3.05, 3.63) is 66.0 Å². The largest absolute Gasteiger partial charge is 0.324 e. The highest BCUT2D eigenvalue weighted by molar-refractivity contribution is 7.92. The van der Waals surface area contributed by atoms with Gasteiger partial charge in [0.25, 0.3) is 0 Å². The molecule has 0 spiro atoms. The number of fused-ring (bicyclic) bond motifs is 3. The summed E-state index contributed by atoms with van der Waals surface area (Å²) in [5.41, 5.74) is 4.37. The number of nitrogens with zero attached hydrogens (tertiary/aromatic N) is 5. The van der Waals surface area contributed by atoms with Crippen LogP contribution in [0.1, 0.15) is 55.2 Å².